The van der Waals surface area contributed by atoms with Gasteiger partial charge in [0.2, 0.25) is 0 Å². The van der Waals surface area contributed by atoms with Crippen molar-refractivity contribution in [1.82, 2.24) is 15.8 Å². The highest BCUT2D eigenvalue weighted by Crippen LogP contribution is 2.14. The third-order valence-corrected chi connectivity index (χ3v) is 2.58. The molecule has 2 N–H and O–H groups in total. The quantitative estimate of drug-likeness (QED) is 0.442. The molecule has 0 saturated heterocycles. The van der Waals surface area contributed by atoms with Crippen molar-refractivity contribution in [2.45, 2.75) is 47.1 Å². The van der Waals surface area contributed by atoms with Gasteiger partial charge in [0.25, 0.3) is 0 Å². The normalized spacial score (nSPS) is 11.7. The number of aliphatic imine (C=N–C) groups is 1. The van der Waals surface area contributed by atoms with Crippen LogP contribution in [-0.4, -0.2) is 24.2 Å². The summed E-state index contributed by atoms with van der Waals surface area (Å²) in [5, 5.41) is 10.5. The molecule has 0 aliphatic carbocycles. The second-order valence-corrected chi connectivity index (χ2v) is 5.34. The van der Waals surface area contributed by atoms with Crippen LogP contribution in [0.2, 0.25) is 0 Å². The van der Waals surface area contributed by atoms with E-state index in [2.05, 4.69) is 55.4 Å². The van der Waals surface area contributed by atoms with E-state index in [1.165, 1.54) is 0 Å². The number of nitrogens with zero attached hydrogens (tertiary/aromatic N) is 2. The Labute approximate surface area is 139 Å². The van der Waals surface area contributed by atoms with E-state index in [0.29, 0.717) is 18.4 Å². The summed E-state index contributed by atoms with van der Waals surface area (Å²) in [4.78, 5) is 4.49. The molecule has 0 radical (unpaired) electrons. The Bertz CT molecular complexity index is 402. The Morgan fingerprint density at radius 3 is 2.50 bits per heavy atom. The zero-order chi connectivity index (χ0) is 14.3. The molecule has 5 nitrogen and oxygen atoms in total. The van der Waals surface area contributed by atoms with Crippen LogP contribution in [-0.2, 0) is 6.54 Å². The number of aromatic nitrogens is 1. The van der Waals surface area contributed by atoms with E-state index in [1.54, 1.807) is 0 Å². The molecule has 1 aromatic rings. The molecular weight excluding hydrogens is 367 g/mol. The van der Waals surface area contributed by atoms with Crippen molar-refractivity contribution in [3.05, 3.63) is 17.5 Å². The summed E-state index contributed by atoms with van der Waals surface area (Å²) < 4.78 is 5.27. The van der Waals surface area contributed by atoms with E-state index in [0.717, 1.165) is 30.5 Å². The van der Waals surface area contributed by atoms with Crippen LogP contribution in [0.5, 0.6) is 0 Å². The molecule has 0 aliphatic heterocycles. The number of guanidine groups is 1. The van der Waals surface area contributed by atoms with Gasteiger partial charge in [-0.2, -0.15) is 0 Å². The van der Waals surface area contributed by atoms with Gasteiger partial charge in [-0.3, -0.25) is 0 Å². The van der Waals surface area contributed by atoms with Gasteiger partial charge in [-0.1, -0.05) is 32.9 Å². The Morgan fingerprint density at radius 1 is 1.30 bits per heavy atom. The topological polar surface area (TPSA) is 62.5 Å². The maximum atomic E-state index is 5.27. The highest BCUT2D eigenvalue weighted by atomic mass is 127. The molecule has 0 fully saturated rings. The first-order valence-electron chi connectivity index (χ1n) is 7.00. The van der Waals surface area contributed by atoms with Crippen molar-refractivity contribution in [3.8, 4) is 0 Å². The number of rotatable bonds is 6. The van der Waals surface area contributed by atoms with E-state index in [1.807, 2.05) is 6.07 Å². The Balaban J connectivity index is 0.00000361. The summed E-state index contributed by atoms with van der Waals surface area (Å²) in [6.07, 6.45) is 0. The number of hydrogen-bond donors (Lipinski definition) is 2. The van der Waals surface area contributed by atoms with Gasteiger partial charge >= 0.3 is 0 Å². The van der Waals surface area contributed by atoms with Crippen molar-refractivity contribution in [2.75, 3.05) is 13.1 Å². The Kier molecular flexibility index (Phi) is 9.62. The van der Waals surface area contributed by atoms with Crippen LogP contribution in [0.3, 0.4) is 0 Å². The maximum absolute atomic E-state index is 5.27. The van der Waals surface area contributed by atoms with E-state index >= 15 is 0 Å². The zero-order valence-electron chi connectivity index (χ0n) is 13.1. The van der Waals surface area contributed by atoms with E-state index < -0.39 is 0 Å². The number of halogens is 1. The van der Waals surface area contributed by atoms with Crippen LogP contribution >= 0.6 is 24.0 Å². The molecule has 0 bridgehead atoms. The molecule has 0 amide bonds. The van der Waals surface area contributed by atoms with E-state index in [4.69, 9.17) is 4.52 Å². The van der Waals surface area contributed by atoms with Gasteiger partial charge in [0.05, 0.1) is 5.69 Å². The smallest absolute Gasteiger partial charge is 0.191 e. The molecule has 0 saturated carbocycles. The van der Waals surface area contributed by atoms with E-state index in [-0.39, 0.29) is 24.0 Å². The molecule has 0 spiro atoms. The molecule has 1 rings (SSSR count). The van der Waals surface area contributed by atoms with Crippen LogP contribution in [0.25, 0.3) is 0 Å². The van der Waals surface area contributed by atoms with E-state index in [9.17, 15) is 0 Å². The number of nitrogens with one attached hydrogen (secondary N) is 2. The zero-order valence-corrected chi connectivity index (χ0v) is 15.4. The monoisotopic (exact) mass is 394 g/mol. The van der Waals surface area contributed by atoms with Gasteiger partial charge in [-0.05, 0) is 18.8 Å². The molecule has 0 aromatic carbocycles. The van der Waals surface area contributed by atoms with Crippen LogP contribution in [0.4, 0.5) is 0 Å². The van der Waals surface area contributed by atoms with Crippen molar-refractivity contribution >= 4 is 29.9 Å². The van der Waals surface area contributed by atoms with Crippen molar-refractivity contribution in [2.24, 2.45) is 10.9 Å². The van der Waals surface area contributed by atoms with Gasteiger partial charge in [-0.15, -0.1) is 24.0 Å². The molecule has 1 heterocycles. The summed E-state index contributed by atoms with van der Waals surface area (Å²) in [5.74, 6) is 2.58. The first-order chi connectivity index (χ1) is 9.02. The summed E-state index contributed by atoms with van der Waals surface area (Å²) >= 11 is 0. The van der Waals surface area contributed by atoms with Crippen molar-refractivity contribution in [3.63, 3.8) is 0 Å². The fourth-order valence-electron chi connectivity index (χ4n) is 1.48. The van der Waals surface area contributed by atoms with Crippen LogP contribution in [0.1, 0.15) is 52.0 Å². The van der Waals surface area contributed by atoms with Gasteiger partial charge in [0.15, 0.2) is 11.7 Å². The second-order valence-electron chi connectivity index (χ2n) is 5.34. The largest absolute Gasteiger partial charge is 0.359 e. The highest BCUT2D eigenvalue weighted by Gasteiger charge is 2.07. The lowest BCUT2D eigenvalue weighted by molar-refractivity contribution is 0.376. The van der Waals surface area contributed by atoms with Crippen LogP contribution < -0.4 is 10.6 Å². The Morgan fingerprint density at radius 2 is 2.00 bits per heavy atom. The summed E-state index contributed by atoms with van der Waals surface area (Å²) in [6, 6.07) is 1.97. The van der Waals surface area contributed by atoms with Gasteiger partial charge in [0.1, 0.15) is 6.54 Å². The van der Waals surface area contributed by atoms with Crippen molar-refractivity contribution in [1.29, 1.82) is 0 Å². The highest BCUT2D eigenvalue weighted by molar-refractivity contribution is 14.0. The van der Waals surface area contributed by atoms with Gasteiger partial charge in [0, 0.05) is 19.2 Å². The van der Waals surface area contributed by atoms with Crippen LogP contribution in [0.15, 0.2) is 15.6 Å². The predicted octanol–water partition coefficient (Wildman–Crippen LogP) is 3.13. The fraction of sp³-hybridized carbons (Fsp3) is 0.714. The lowest BCUT2D eigenvalue weighted by atomic mass is 10.1. The van der Waals surface area contributed by atoms with Crippen LogP contribution in [0, 0.1) is 5.92 Å². The summed E-state index contributed by atoms with van der Waals surface area (Å²) in [5.41, 5.74) is 0.977. The van der Waals surface area contributed by atoms with Crippen molar-refractivity contribution < 1.29 is 4.52 Å². The minimum atomic E-state index is 0. The SMILES string of the molecule is CCNC(=NCc1cc(C(C)C)no1)NCC(C)C.I. The Hall–Kier alpha value is -0.790. The molecule has 116 valence electrons. The molecular formula is C14H27IN4O. The van der Waals surface area contributed by atoms with Gasteiger partial charge < -0.3 is 15.2 Å². The fourth-order valence-corrected chi connectivity index (χ4v) is 1.48. The maximum Gasteiger partial charge on any atom is 0.191 e. The third kappa shape index (κ3) is 7.12. The average Bonchev–Trinajstić information content (AvgIpc) is 2.81. The minimum absolute atomic E-state index is 0. The molecule has 20 heavy (non-hydrogen) atoms. The average molecular weight is 394 g/mol. The van der Waals surface area contributed by atoms with Gasteiger partial charge in [-0.25, -0.2) is 4.99 Å². The lowest BCUT2D eigenvalue weighted by Crippen LogP contribution is -2.39. The number of hydrogen-bond acceptors (Lipinski definition) is 3. The lowest BCUT2D eigenvalue weighted by Gasteiger charge is -2.12. The molecule has 0 aliphatic rings. The summed E-state index contributed by atoms with van der Waals surface area (Å²) in [7, 11) is 0. The second kappa shape index (κ2) is 10.0. The molecule has 1 aromatic heterocycles. The molecule has 0 unspecified atom stereocenters. The third-order valence-electron chi connectivity index (χ3n) is 2.58. The first kappa shape index (κ1) is 19.2. The molecule has 0 atom stereocenters. The molecule has 6 heteroatoms. The predicted molar refractivity (Wildman–Crippen MR) is 93.7 cm³/mol. The minimum Gasteiger partial charge on any atom is -0.359 e. The first-order valence-corrected chi connectivity index (χ1v) is 7.00. The summed E-state index contributed by atoms with van der Waals surface area (Å²) in [6.45, 7) is 12.8. The standard InChI is InChI=1S/C14H26N4O.HI/c1-6-15-14(16-8-10(2)3)17-9-12-7-13(11(4)5)18-19-12;/h7,10-11H,6,8-9H2,1-5H3,(H2,15,16,17);1H.